The zero-order valence-corrected chi connectivity index (χ0v) is 16.6. The number of para-hydroxylation sites is 1. The second kappa shape index (κ2) is 8.16. The van der Waals surface area contributed by atoms with Gasteiger partial charge in [0.1, 0.15) is 5.82 Å². The van der Waals surface area contributed by atoms with E-state index in [0.717, 1.165) is 41.9 Å². The molecule has 29 heavy (non-hydrogen) atoms. The van der Waals surface area contributed by atoms with Gasteiger partial charge in [0.25, 0.3) is 0 Å². The fourth-order valence-electron chi connectivity index (χ4n) is 3.78. The Morgan fingerprint density at radius 3 is 2.93 bits per heavy atom. The average Bonchev–Trinajstić information content (AvgIpc) is 3.30. The van der Waals surface area contributed by atoms with Gasteiger partial charge >= 0.3 is 0 Å². The van der Waals surface area contributed by atoms with Crippen LogP contribution in [0.15, 0.2) is 36.4 Å². The molecule has 1 saturated heterocycles. The lowest BCUT2D eigenvalue weighted by atomic mass is 10.1. The van der Waals surface area contributed by atoms with E-state index in [1.165, 1.54) is 6.07 Å². The number of nitrogens with one attached hydrogen (secondary N) is 3. The molecule has 3 N–H and O–H groups in total. The van der Waals surface area contributed by atoms with Crippen LogP contribution in [-0.4, -0.2) is 45.1 Å². The molecule has 1 aliphatic heterocycles. The minimum Gasteiger partial charge on any atom is -0.366 e. The molecule has 2 aromatic heterocycles. The molecule has 7 nitrogen and oxygen atoms in total. The van der Waals surface area contributed by atoms with Crippen molar-refractivity contribution in [2.24, 2.45) is 0 Å². The third-order valence-electron chi connectivity index (χ3n) is 5.07. The van der Waals surface area contributed by atoms with Crippen LogP contribution in [0, 0.1) is 5.82 Å². The molecule has 0 unspecified atom stereocenters. The first-order valence-electron chi connectivity index (χ1n) is 9.91. The molecule has 1 atom stereocenters. The van der Waals surface area contributed by atoms with Crippen LogP contribution in [0.4, 0.5) is 15.9 Å². The van der Waals surface area contributed by atoms with E-state index in [9.17, 15) is 9.18 Å². The monoisotopic (exact) mass is 396 g/mol. The summed E-state index contributed by atoms with van der Waals surface area (Å²) in [4.78, 5) is 19.3. The third-order valence-corrected chi connectivity index (χ3v) is 5.07. The summed E-state index contributed by atoms with van der Waals surface area (Å²) < 4.78 is 13.8. The molecule has 1 fully saturated rings. The largest absolute Gasteiger partial charge is 0.366 e. The Morgan fingerprint density at radius 1 is 1.31 bits per heavy atom. The summed E-state index contributed by atoms with van der Waals surface area (Å²) in [6, 6.07) is 10.5. The van der Waals surface area contributed by atoms with Gasteiger partial charge in [0, 0.05) is 6.04 Å². The number of hydrogen-bond donors (Lipinski definition) is 3. The van der Waals surface area contributed by atoms with Gasteiger partial charge in [-0.1, -0.05) is 12.1 Å². The van der Waals surface area contributed by atoms with Crippen LogP contribution in [0.5, 0.6) is 0 Å². The maximum absolute atomic E-state index is 13.8. The highest BCUT2D eigenvalue weighted by Crippen LogP contribution is 2.32. The Hall–Kier alpha value is -3.00. The first-order chi connectivity index (χ1) is 14.0. The Kier molecular flexibility index (Phi) is 5.44. The molecule has 0 bridgehead atoms. The molecule has 0 aliphatic carbocycles. The van der Waals surface area contributed by atoms with Crippen molar-refractivity contribution >= 4 is 28.4 Å². The lowest BCUT2D eigenvalue weighted by molar-refractivity contribution is -0.117. The number of aromatic nitrogens is 3. The molecule has 1 aliphatic rings. The number of rotatable bonds is 6. The van der Waals surface area contributed by atoms with Crippen LogP contribution < -0.4 is 10.6 Å². The van der Waals surface area contributed by atoms with E-state index in [1.807, 2.05) is 12.1 Å². The smallest absolute Gasteiger partial charge is 0.238 e. The summed E-state index contributed by atoms with van der Waals surface area (Å²) in [5, 5.41) is 14.2. The molecular formula is C21H25FN6O. The first-order valence-corrected chi connectivity index (χ1v) is 9.91. The highest BCUT2D eigenvalue weighted by atomic mass is 19.1. The maximum Gasteiger partial charge on any atom is 0.238 e. The second-order valence-corrected chi connectivity index (χ2v) is 7.66. The molecule has 0 spiro atoms. The van der Waals surface area contributed by atoms with Crippen LogP contribution in [0.1, 0.15) is 38.4 Å². The molecule has 4 rings (SSSR count). The van der Waals surface area contributed by atoms with Gasteiger partial charge in [-0.25, -0.2) is 9.37 Å². The molecule has 3 aromatic rings. The minimum atomic E-state index is -0.434. The number of anilines is 2. The summed E-state index contributed by atoms with van der Waals surface area (Å²) in [7, 11) is 0. The molecule has 152 valence electrons. The number of H-pyrrole nitrogens is 1. The van der Waals surface area contributed by atoms with Crippen LogP contribution in [0.25, 0.3) is 11.0 Å². The lowest BCUT2D eigenvalue weighted by Gasteiger charge is -2.23. The predicted molar refractivity (Wildman–Crippen MR) is 111 cm³/mol. The summed E-state index contributed by atoms with van der Waals surface area (Å²) in [6.07, 6.45) is 1.91. The first kappa shape index (κ1) is 19.3. The standard InChI is InChI=1S/C21H25FN6O/c1-13(2)23-20-14-9-10-17(25-21(14)27-26-20)18-8-5-11-28(18)12-19(29)24-16-7-4-3-6-15(16)22/h3-4,6-7,9-10,13,18H,5,8,11-12H2,1-2H3,(H,24,29)(H2,23,25,26,27)/t18-/m1/s1. The van der Waals surface area contributed by atoms with E-state index in [1.54, 1.807) is 18.2 Å². The van der Waals surface area contributed by atoms with Gasteiger partial charge in [-0.3, -0.25) is 14.8 Å². The fraction of sp³-hybridized carbons (Fsp3) is 0.381. The van der Waals surface area contributed by atoms with Crippen molar-refractivity contribution in [2.45, 2.75) is 38.8 Å². The molecule has 3 heterocycles. The number of benzene rings is 1. The number of likely N-dealkylation sites (tertiary alicyclic amines) is 1. The maximum atomic E-state index is 13.8. The number of fused-ring (bicyclic) bond motifs is 1. The number of pyridine rings is 1. The Morgan fingerprint density at radius 2 is 2.14 bits per heavy atom. The number of amides is 1. The predicted octanol–water partition coefficient (Wildman–Crippen LogP) is 3.69. The van der Waals surface area contributed by atoms with Crippen LogP contribution >= 0.6 is 0 Å². The zero-order valence-electron chi connectivity index (χ0n) is 16.6. The van der Waals surface area contributed by atoms with Crippen molar-refractivity contribution in [1.82, 2.24) is 20.1 Å². The summed E-state index contributed by atoms with van der Waals surface area (Å²) >= 11 is 0. The van der Waals surface area contributed by atoms with Crippen molar-refractivity contribution in [3.8, 4) is 0 Å². The summed E-state index contributed by atoms with van der Waals surface area (Å²) in [5.41, 5.74) is 1.84. The fourth-order valence-corrected chi connectivity index (χ4v) is 3.78. The lowest BCUT2D eigenvalue weighted by Crippen LogP contribution is -2.33. The van der Waals surface area contributed by atoms with Crippen LogP contribution in [0.3, 0.4) is 0 Å². The van der Waals surface area contributed by atoms with Gasteiger partial charge in [0.05, 0.1) is 29.4 Å². The molecular weight excluding hydrogens is 371 g/mol. The quantitative estimate of drug-likeness (QED) is 0.592. The topological polar surface area (TPSA) is 85.9 Å². The molecule has 8 heteroatoms. The van der Waals surface area contributed by atoms with Gasteiger partial charge in [0.2, 0.25) is 5.91 Å². The SMILES string of the molecule is CC(C)Nc1n[nH]c2nc([C@H]3CCCN3CC(=O)Nc3ccccc3F)ccc12. The summed E-state index contributed by atoms with van der Waals surface area (Å²) in [6.45, 7) is 5.12. The minimum absolute atomic E-state index is 0.0515. The molecule has 0 radical (unpaired) electrons. The summed E-state index contributed by atoms with van der Waals surface area (Å²) in [5.74, 6) is 0.130. The number of nitrogens with zero attached hydrogens (tertiary/aromatic N) is 3. The van der Waals surface area contributed by atoms with Crippen molar-refractivity contribution in [2.75, 3.05) is 23.7 Å². The van der Waals surface area contributed by atoms with Crippen LogP contribution in [-0.2, 0) is 4.79 Å². The Labute approximate surface area is 168 Å². The van der Waals surface area contributed by atoms with Gasteiger partial charge < -0.3 is 10.6 Å². The molecule has 1 aromatic carbocycles. The average molecular weight is 396 g/mol. The second-order valence-electron chi connectivity index (χ2n) is 7.66. The van der Waals surface area contributed by atoms with E-state index in [2.05, 4.69) is 39.6 Å². The van der Waals surface area contributed by atoms with Gasteiger partial charge in [-0.05, 0) is 57.5 Å². The number of carbonyl (C=O) groups excluding carboxylic acids is 1. The van der Waals surface area contributed by atoms with Crippen molar-refractivity contribution in [3.05, 3.63) is 47.9 Å². The van der Waals surface area contributed by atoms with E-state index < -0.39 is 5.82 Å². The van der Waals surface area contributed by atoms with Gasteiger partial charge in [-0.15, -0.1) is 0 Å². The Bertz CT molecular complexity index is 1020. The van der Waals surface area contributed by atoms with Crippen molar-refractivity contribution < 1.29 is 9.18 Å². The van der Waals surface area contributed by atoms with Crippen molar-refractivity contribution in [1.29, 1.82) is 0 Å². The third kappa shape index (κ3) is 4.22. The molecule has 1 amide bonds. The van der Waals surface area contributed by atoms with E-state index in [0.29, 0.717) is 0 Å². The highest BCUT2D eigenvalue weighted by molar-refractivity contribution is 5.92. The Balaban J connectivity index is 1.48. The van der Waals surface area contributed by atoms with Gasteiger partial charge in [0.15, 0.2) is 11.5 Å². The number of carbonyl (C=O) groups is 1. The highest BCUT2D eigenvalue weighted by Gasteiger charge is 2.29. The van der Waals surface area contributed by atoms with Crippen LogP contribution in [0.2, 0.25) is 0 Å². The van der Waals surface area contributed by atoms with E-state index in [4.69, 9.17) is 4.98 Å². The zero-order chi connectivity index (χ0) is 20.4. The van der Waals surface area contributed by atoms with Gasteiger partial charge in [-0.2, -0.15) is 5.10 Å². The normalized spacial score (nSPS) is 17.2. The van der Waals surface area contributed by atoms with Crippen molar-refractivity contribution in [3.63, 3.8) is 0 Å². The van der Waals surface area contributed by atoms with E-state index >= 15 is 0 Å². The number of hydrogen-bond acceptors (Lipinski definition) is 5. The van der Waals surface area contributed by atoms with E-state index in [-0.39, 0.29) is 30.2 Å². The number of halogens is 1. The number of aromatic amines is 1. The molecule has 0 saturated carbocycles.